The Morgan fingerprint density at radius 3 is 2.91 bits per heavy atom. The van der Waals surface area contributed by atoms with Crippen molar-refractivity contribution in [1.82, 2.24) is 4.90 Å². The van der Waals surface area contributed by atoms with Gasteiger partial charge in [-0.15, -0.1) is 0 Å². The largest absolute Gasteiger partial charge is 0.497 e. The first-order chi connectivity index (χ1) is 10.5. The zero-order valence-corrected chi connectivity index (χ0v) is 13.1. The smallest absolute Gasteiger partial charge is 0.308 e. The Balaban J connectivity index is 1.97. The quantitative estimate of drug-likeness (QED) is 0.907. The first-order valence-corrected chi connectivity index (χ1v) is 7.65. The average Bonchev–Trinajstić information content (AvgIpc) is 2.54. The zero-order chi connectivity index (χ0) is 16.1. The second-order valence-corrected chi connectivity index (χ2v) is 5.90. The number of carboxylic acid groups (broad SMARTS) is 1. The van der Waals surface area contributed by atoms with E-state index in [1.54, 1.807) is 12.0 Å². The molecule has 1 saturated heterocycles. The van der Waals surface area contributed by atoms with E-state index in [4.69, 9.17) is 9.84 Å². The van der Waals surface area contributed by atoms with Crippen LogP contribution in [-0.4, -0.2) is 42.1 Å². The molecule has 2 atom stereocenters. The van der Waals surface area contributed by atoms with Gasteiger partial charge in [0.2, 0.25) is 5.91 Å². The van der Waals surface area contributed by atoms with Gasteiger partial charge >= 0.3 is 5.97 Å². The van der Waals surface area contributed by atoms with Crippen LogP contribution in [0.5, 0.6) is 5.75 Å². The number of piperidine rings is 1. The molecule has 0 saturated carbocycles. The molecule has 0 aromatic heterocycles. The summed E-state index contributed by atoms with van der Waals surface area (Å²) >= 11 is 0. The van der Waals surface area contributed by atoms with Crippen LogP contribution in [0.25, 0.3) is 0 Å². The van der Waals surface area contributed by atoms with Crippen molar-refractivity contribution in [3.05, 3.63) is 29.8 Å². The summed E-state index contributed by atoms with van der Waals surface area (Å²) in [7, 11) is 1.62. The molecule has 1 N–H and O–H groups in total. The fourth-order valence-corrected chi connectivity index (χ4v) is 2.86. The van der Waals surface area contributed by atoms with E-state index in [2.05, 4.69) is 0 Å². The molecule has 0 bridgehead atoms. The van der Waals surface area contributed by atoms with Crippen LogP contribution < -0.4 is 4.74 Å². The Kier molecular flexibility index (Phi) is 5.41. The highest BCUT2D eigenvalue weighted by molar-refractivity contribution is 5.78. The van der Waals surface area contributed by atoms with E-state index < -0.39 is 11.9 Å². The molecule has 2 unspecified atom stereocenters. The topological polar surface area (TPSA) is 66.8 Å². The van der Waals surface area contributed by atoms with Gasteiger partial charge in [0.05, 0.1) is 13.0 Å². The lowest BCUT2D eigenvalue weighted by atomic mass is 9.94. The van der Waals surface area contributed by atoms with Crippen molar-refractivity contribution in [2.45, 2.75) is 32.1 Å². The fourth-order valence-electron chi connectivity index (χ4n) is 2.86. The molecule has 1 fully saturated rings. The molecule has 2 rings (SSSR count). The van der Waals surface area contributed by atoms with Gasteiger partial charge in [-0.05, 0) is 36.5 Å². The number of ether oxygens (including phenoxy) is 1. The second-order valence-electron chi connectivity index (χ2n) is 5.90. The van der Waals surface area contributed by atoms with Gasteiger partial charge in [0.1, 0.15) is 5.75 Å². The highest BCUT2D eigenvalue weighted by atomic mass is 16.5. The lowest BCUT2D eigenvalue weighted by Crippen LogP contribution is -2.42. The van der Waals surface area contributed by atoms with Gasteiger partial charge in [-0.2, -0.15) is 0 Å². The summed E-state index contributed by atoms with van der Waals surface area (Å²) in [5, 5.41) is 9.10. The third-order valence-electron chi connectivity index (χ3n) is 4.27. The summed E-state index contributed by atoms with van der Waals surface area (Å²) in [4.78, 5) is 25.2. The third kappa shape index (κ3) is 4.00. The molecule has 1 heterocycles. The van der Waals surface area contributed by atoms with Crippen molar-refractivity contribution in [3.8, 4) is 5.75 Å². The van der Waals surface area contributed by atoms with E-state index in [0.29, 0.717) is 25.9 Å². The maximum absolute atomic E-state index is 12.4. The number of carbonyl (C=O) groups excluding carboxylic acids is 1. The highest BCUT2D eigenvalue weighted by Gasteiger charge is 2.28. The molecular formula is C17H23NO4. The molecule has 0 spiro atoms. The SMILES string of the molecule is COc1cccc(C(C)CC(=O)N2CCCC(C(=O)O)C2)c1. The van der Waals surface area contributed by atoms with Gasteiger partial charge in [0.25, 0.3) is 0 Å². The number of aliphatic carboxylic acids is 1. The van der Waals surface area contributed by atoms with E-state index in [-0.39, 0.29) is 11.8 Å². The first-order valence-electron chi connectivity index (χ1n) is 7.65. The second kappa shape index (κ2) is 7.29. The van der Waals surface area contributed by atoms with E-state index in [1.165, 1.54) is 0 Å². The van der Waals surface area contributed by atoms with Crippen molar-refractivity contribution in [2.75, 3.05) is 20.2 Å². The molecule has 0 aliphatic carbocycles. The maximum atomic E-state index is 12.4. The van der Waals surface area contributed by atoms with Crippen LogP contribution in [0.4, 0.5) is 0 Å². The summed E-state index contributed by atoms with van der Waals surface area (Å²) in [6.07, 6.45) is 1.81. The van der Waals surface area contributed by atoms with Gasteiger partial charge in [-0.1, -0.05) is 19.1 Å². The lowest BCUT2D eigenvalue weighted by molar-refractivity contribution is -0.145. The molecule has 5 nitrogen and oxygen atoms in total. The van der Waals surface area contributed by atoms with Gasteiger partial charge in [0.15, 0.2) is 0 Å². The number of rotatable bonds is 5. The Morgan fingerprint density at radius 2 is 2.23 bits per heavy atom. The number of methoxy groups -OCH3 is 1. The van der Waals surface area contributed by atoms with E-state index in [9.17, 15) is 9.59 Å². The molecule has 120 valence electrons. The minimum atomic E-state index is -0.807. The highest BCUT2D eigenvalue weighted by Crippen LogP contribution is 2.25. The summed E-state index contributed by atoms with van der Waals surface area (Å²) in [6, 6.07) is 7.71. The summed E-state index contributed by atoms with van der Waals surface area (Å²) in [5.74, 6) is -0.349. The van der Waals surface area contributed by atoms with Crippen molar-refractivity contribution in [2.24, 2.45) is 5.92 Å². The number of hydrogen-bond acceptors (Lipinski definition) is 3. The van der Waals surface area contributed by atoms with Crippen molar-refractivity contribution in [1.29, 1.82) is 0 Å². The third-order valence-corrected chi connectivity index (χ3v) is 4.27. The van der Waals surface area contributed by atoms with Gasteiger partial charge < -0.3 is 14.7 Å². The van der Waals surface area contributed by atoms with Gasteiger partial charge in [-0.3, -0.25) is 9.59 Å². The van der Waals surface area contributed by atoms with Crippen molar-refractivity contribution in [3.63, 3.8) is 0 Å². The van der Waals surface area contributed by atoms with Crippen LogP contribution in [0, 0.1) is 5.92 Å². The standard InChI is InChI=1S/C17H23NO4/c1-12(13-5-3-7-15(10-13)22-2)9-16(19)18-8-4-6-14(11-18)17(20)21/h3,5,7,10,12,14H,4,6,8-9,11H2,1-2H3,(H,20,21). The van der Waals surface area contributed by atoms with Crippen LogP contribution in [0.2, 0.25) is 0 Å². The van der Waals surface area contributed by atoms with E-state index >= 15 is 0 Å². The van der Waals surface area contributed by atoms with E-state index in [1.807, 2.05) is 31.2 Å². The molecule has 22 heavy (non-hydrogen) atoms. The Morgan fingerprint density at radius 1 is 1.45 bits per heavy atom. The van der Waals surface area contributed by atoms with Crippen LogP contribution >= 0.6 is 0 Å². The molecule has 1 aromatic rings. The summed E-state index contributed by atoms with van der Waals surface area (Å²) in [5.41, 5.74) is 1.06. The Bertz CT molecular complexity index is 543. The Hall–Kier alpha value is -2.04. The number of likely N-dealkylation sites (tertiary alicyclic amines) is 1. The predicted octanol–water partition coefficient (Wildman–Crippen LogP) is 2.51. The molecule has 0 radical (unpaired) electrons. The predicted molar refractivity (Wildman–Crippen MR) is 83.0 cm³/mol. The number of carbonyl (C=O) groups is 2. The van der Waals surface area contributed by atoms with Gasteiger partial charge in [-0.25, -0.2) is 0 Å². The average molecular weight is 305 g/mol. The lowest BCUT2D eigenvalue weighted by Gasteiger charge is -2.31. The first kappa shape index (κ1) is 16.3. The normalized spacial score (nSPS) is 19.5. The maximum Gasteiger partial charge on any atom is 0.308 e. The number of carboxylic acids is 1. The van der Waals surface area contributed by atoms with Crippen molar-refractivity contribution < 1.29 is 19.4 Å². The number of hydrogen-bond donors (Lipinski definition) is 1. The number of benzene rings is 1. The number of nitrogens with zero attached hydrogens (tertiary/aromatic N) is 1. The van der Waals surface area contributed by atoms with Crippen LogP contribution in [0.1, 0.15) is 37.7 Å². The van der Waals surface area contributed by atoms with Crippen LogP contribution in [0.3, 0.4) is 0 Å². The molecule has 1 aliphatic heterocycles. The number of amides is 1. The minimum Gasteiger partial charge on any atom is -0.497 e. The Labute approximate surface area is 130 Å². The zero-order valence-electron chi connectivity index (χ0n) is 13.1. The molecule has 5 heteroatoms. The molecule has 1 amide bonds. The molecule has 1 aromatic carbocycles. The minimum absolute atomic E-state index is 0.0290. The summed E-state index contributed by atoms with van der Waals surface area (Å²) in [6.45, 7) is 3.00. The molecule has 1 aliphatic rings. The van der Waals surface area contributed by atoms with Crippen LogP contribution in [0.15, 0.2) is 24.3 Å². The fraction of sp³-hybridized carbons (Fsp3) is 0.529. The summed E-state index contributed by atoms with van der Waals surface area (Å²) < 4.78 is 5.21. The van der Waals surface area contributed by atoms with Crippen molar-refractivity contribution >= 4 is 11.9 Å². The van der Waals surface area contributed by atoms with Gasteiger partial charge in [0, 0.05) is 19.5 Å². The van der Waals surface area contributed by atoms with Crippen LogP contribution in [-0.2, 0) is 9.59 Å². The molecular weight excluding hydrogens is 282 g/mol. The monoisotopic (exact) mass is 305 g/mol. The van der Waals surface area contributed by atoms with E-state index in [0.717, 1.165) is 17.7 Å².